The van der Waals surface area contributed by atoms with Gasteiger partial charge < -0.3 is 0 Å². The molecule has 0 aliphatic heterocycles. The molecule has 0 aromatic carbocycles. The van der Waals surface area contributed by atoms with Crippen molar-refractivity contribution in [1.29, 1.82) is 0 Å². The molecule has 0 atom stereocenters. The third kappa shape index (κ3) is 3.41. The SMILES string of the molecule is [O]=[SnH][CH2]CC(F)(F)C(F)(F)C(F)(F)C(F)(F)C(F)(F)C(F)(F)F. The van der Waals surface area contributed by atoms with Crippen LogP contribution in [0.25, 0.3) is 0 Å². The summed E-state index contributed by atoms with van der Waals surface area (Å²) in [7, 11) is 0. The second-order valence-electron chi connectivity index (χ2n) is 4.21. The van der Waals surface area contributed by atoms with Gasteiger partial charge >= 0.3 is 128 Å². The van der Waals surface area contributed by atoms with Crippen LogP contribution in [-0.2, 0) is 3.08 Å². The summed E-state index contributed by atoms with van der Waals surface area (Å²) < 4.78 is 172. The third-order valence-corrected chi connectivity index (χ3v) is 4.07. The Kier molecular flexibility index (Phi) is 6.12. The van der Waals surface area contributed by atoms with Crippen LogP contribution in [0.5, 0.6) is 0 Å². The summed E-state index contributed by atoms with van der Waals surface area (Å²) in [6, 6.07) is 0. The molecule has 0 spiro atoms. The van der Waals surface area contributed by atoms with Gasteiger partial charge in [-0.2, -0.15) is 0 Å². The van der Waals surface area contributed by atoms with Gasteiger partial charge in [-0.3, -0.25) is 0 Å². The summed E-state index contributed by atoms with van der Waals surface area (Å²) in [5.41, 5.74) is 0. The number of alkyl halides is 13. The van der Waals surface area contributed by atoms with Gasteiger partial charge in [0.05, 0.1) is 0 Å². The summed E-state index contributed by atoms with van der Waals surface area (Å²) in [5, 5.41) is 0. The number of rotatable bonds is 7. The van der Waals surface area contributed by atoms with Crippen molar-refractivity contribution in [3.05, 3.63) is 0 Å². The molecule has 0 saturated heterocycles. The zero-order valence-electron chi connectivity index (χ0n) is 10.3. The van der Waals surface area contributed by atoms with E-state index in [4.69, 9.17) is 0 Å². The summed E-state index contributed by atoms with van der Waals surface area (Å²) in [6.07, 6.45) is -9.75. The Hall–Kier alpha value is -0.311. The summed E-state index contributed by atoms with van der Waals surface area (Å²) in [6.45, 7) is 0. The molecule has 0 aromatic rings. The van der Waals surface area contributed by atoms with Crippen LogP contribution in [0.3, 0.4) is 0 Å². The van der Waals surface area contributed by atoms with Crippen LogP contribution < -0.4 is 0 Å². The van der Waals surface area contributed by atoms with Crippen molar-refractivity contribution >= 4 is 21.1 Å². The summed E-state index contributed by atoms with van der Waals surface area (Å²) in [5.74, 6) is -36.7. The molecule has 0 N–H and O–H groups in total. The molecule has 0 bridgehead atoms. The second-order valence-corrected chi connectivity index (χ2v) is 6.80. The van der Waals surface area contributed by atoms with Gasteiger partial charge in [0.1, 0.15) is 0 Å². The first-order valence-electron chi connectivity index (χ1n) is 5.20. The average Bonchev–Trinajstić information content (AvgIpc) is 2.34. The Morgan fingerprint density at radius 2 is 0.913 bits per heavy atom. The normalized spacial score (nSPS) is 15.7. The predicted octanol–water partition coefficient (Wildman–Crippen LogP) is 4.32. The molecule has 0 radical (unpaired) electrons. The molecule has 0 fully saturated rings. The minimum atomic E-state index is -7.87. The molecular weight excluding hydrogens is 478 g/mol. The first-order chi connectivity index (χ1) is 9.81. The molecule has 0 unspecified atom stereocenters. The Bertz CT molecular complexity index is 440. The third-order valence-electron chi connectivity index (χ3n) is 2.57. The molecule has 0 aliphatic carbocycles. The fourth-order valence-corrected chi connectivity index (χ4v) is 2.57. The number of hydrogen-bond acceptors (Lipinski definition) is 1. The van der Waals surface area contributed by atoms with Gasteiger partial charge in [-0.1, -0.05) is 0 Å². The van der Waals surface area contributed by atoms with Crippen molar-refractivity contribution in [2.45, 2.75) is 46.6 Å². The fourth-order valence-electron chi connectivity index (χ4n) is 1.20. The molecule has 1 nitrogen and oxygen atoms in total. The number of halogens is 13. The van der Waals surface area contributed by atoms with Crippen LogP contribution in [0.4, 0.5) is 57.1 Å². The van der Waals surface area contributed by atoms with E-state index in [1.807, 2.05) is 0 Å². The van der Waals surface area contributed by atoms with E-state index in [1.54, 1.807) is 0 Å². The summed E-state index contributed by atoms with van der Waals surface area (Å²) >= 11 is -3.09. The first-order valence-corrected chi connectivity index (χ1v) is 8.88. The number of hydrogen-bond donors (Lipinski definition) is 0. The molecule has 138 valence electrons. The van der Waals surface area contributed by atoms with Crippen molar-refractivity contribution in [3.8, 4) is 0 Å². The average molecular weight is 483 g/mol. The first kappa shape index (κ1) is 22.7. The van der Waals surface area contributed by atoms with Crippen molar-refractivity contribution < 1.29 is 60.2 Å². The molecule has 15 heteroatoms. The van der Waals surface area contributed by atoms with Gasteiger partial charge in [0.25, 0.3) is 0 Å². The van der Waals surface area contributed by atoms with E-state index in [1.165, 1.54) is 0 Å². The Morgan fingerprint density at radius 1 is 0.565 bits per heavy atom. The summed E-state index contributed by atoms with van der Waals surface area (Å²) in [4.78, 5) is 0. The van der Waals surface area contributed by atoms with Gasteiger partial charge in [-0.15, -0.1) is 0 Å². The molecule has 23 heavy (non-hydrogen) atoms. The van der Waals surface area contributed by atoms with Crippen LogP contribution in [-0.4, -0.2) is 56.9 Å². The van der Waals surface area contributed by atoms with E-state index in [9.17, 15) is 60.2 Å². The molecule has 0 rings (SSSR count). The van der Waals surface area contributed by atoms with Crippen LogP contribution in [0.2, 0.25) is 4.44 Å². The maximum absolute atomic E-state index is 13.0. The predicted molar refractivity (Wildman–Crippen MR) is 48.0 cm³/mol. The van der Waals surface area contributed by atoms with Crippen LogP contribution in [0.1, 0.15) is 6.42 Å². The molecule has 0 saturated carbocycles. The van der Waals surface area contributed by atoms with E-state index in [0.29, 0.717) is 0 Å². The van der Waals surface area contributed by atoms with E-state index in [2.05, 4.69) is 0 Å². The molecule has 0 heterocycles. The van der Waals surface area contributed by atoms with Gasteiger partial charge in [-0.25, -0.2) is 0 Å². The van der Waals surface area contributed by atoms with Crippen LogP contribution >= 0.6 is 0 Å². The quantitative estimate of drug-likeness (QED) is 0.390. The van der Waals surface area contributed by atoms with E-state index < -0.39 is 67.8 Å². The van der Waals surface area contributed by atoms with E-state index in [0.717, 1.165) is 0 Å². The van der Waals surface area contributed by atoms with Gasteiger partial charge in [-0.05, 0) is 0 Å². The zero-order valence-corrected chi connectivity index (χ0v) is 13.6. The van der Waals surface area contributed by atoms with Crippen LogP contribution in [0, 0.1) is 0 Å². The Morgan fingerprint density at radius 3 is 1.22 bits per heavy atom. The van der Waals surface area contributed by atoms with Gasteiger partial charge in [0, 0.05) is 0 Å². The Balaban J connectivity index is 6.08. The molecular formula is C8H5F13OSn. The second kappa shape index (κ2) is 6.20. The van der Waals surface area contributed by atoms with E-state index >= 15 is 0 Å². The topological polar surface area (TPSA) is 17.1 Å². The molecule has 0 aliphatic rings. The minimum absolute atomic E-state index is 1.25. The van der Waals surface area contributed by atoms with Crippen molar-refractivity contribution in [2.24, 2.45) is 0 Å². The standard InChI is InChI=1S/C8H4F13.O.Sn.H/c1-2-3(9,10)4(11,12)5(13,14)6(15,16)7(17,18)8(19,20)21;;;/h1-2H2;;;. The van der Waals surface area contributed by atoms with E-state index in [-0.39, 0.29) is 0 Å². The van der Waals surface area contributed by atoms with Gasteiger partial charge in [0.2, 0.25) is 0 Å². The zero-order chi connectivity index (χ0) is 19.1. The van der Waals surface area contributed by atoms with Crippen LogP contribution in [0.15, 0.2) is 0 Å². The van der Waals surface area contributed by atoms with Crippen molar-refractivity contribution in [1.82, 2.24) is 0 Å². The molecule has 0 aromatic heterocycles. The van der Waals surface area contributed by atoms with Crippen molar-refractivity contribution in [3.63, 3.8) is 0 Å². The Labute approximate surface area is 128 Å². The maximum atomic E-state index is 13.0. The van der Waals surface area contributed by atoms with Gasteiger partial charge in [0.15, 0.2) is 0 Å². The monoisotopic (exact) mass is 484 g/mol. The van der Waals surface area contributed by atoms with Crippen molar-refractivity contribution in [2.75, 3.05) is 0 Å². The fraction of sp³-hybridized carbons (Fsp3) is 1.00. The molecule has 0 amide bonds.